The Balaban J connectivity index is 1.20. The first-order valence-corrected chi connectivity index (χ1v) is 15.3. The van der Waals surface area contributed by atoms with Crippen LogP contribution in [0.4, 0.5) is 10.9 Å². The Morgan fingerprint density at radius 3 is 2.78 bits per heavy atom. The van der Waals surface area contributed by atoms with Gasteiger partial charge in [0.05, 0.1) is 29.0 Å². The molecule has 0 saturated heterocycles. The first-order valence-electron chi connectivity index (χ1n) is 12.6. The molecule has 0 spiro atoms. The fraction of sp³-hybridized carbons (Fsp3) is 0.185. The lowest BCUT2D eigenvalue weighted by Gasteiger charge is -2.37. The minimum Gasteiger partial charge on any atom is -0.384 e. The smallest absolute Gasteiger partial charge is 0.273 e. The number of nitrogens with one attached hydrogen (secondary N) is 2. The van der Waals surface area contributed by atoms with Gasteiger partial charge in [0.2, 0.25) is 11.0 Å². The van der Waals surface area contributed by atoms with E-state index >= 15 is 0 Å². The summed E-state index contributed by atoms with van der Waals surface area (Å²) in [5, 5.41) is 26.5. The van der Waals surface area contributed by atoms with Crippen molar-refractivity contribution in [2.24, 2.45) is 5.73 Å². The molecule has 0 saturated carbocycles. The number of hydrogen-bond donors (Lipinski definition) is 3. The Labute approximate surface area is 246 Å². The zero-order chi connectivity index (χ0) is 28.5. The van der Waals surface area contributed by atoms with Crippen LogP contribution in [-0.4, -0.2) is 37.4 Å². The lowest BCUT2D eigenvalue weighted by Crippen LogP contribution is -2.38. The Hall–Kier alpha value is -4.45. The molecule has 1 aromatic carbocycles. The van der Waals surface area contributed by atoms with Crippen molar-refractivity contribution in [1.82, 2.24) is 20.0 Å². The van der Waals surface area contributed by atoms with Crippen LogP contribution in [0.2, 0.25) is 0 Å². The fourth-order valence-electron chi connectivity index (χ4n) is 4.94. The number of benzene rings is 1. The number of rotatable bonds is 7. The molecule has 1 unspecified atom stereocenters. The normalized spacial score (nSPS) is 17.0. The molecule has 4 aromatic rings. The molecule has 4 N–H and O–H groups in total. The van der Waals surface area contributed by atoms with Gasteiger partial charge in [0, 0.05) is 28.6 Å². The SMILES string of the molecule is N#CC1=C(N)N(c2nnc(SCC(=O)Nc3cc(=O)n(-c4ccccc4)[nH]3)s2)C2=C(C(=O)CCC2)C1c1cccs1. The van der Waals surface area contributed by atoms with E-state index in [1.807, 2.05) is 35.7 Å². The van der Waals surface area contributed by atoms with E-state index in [0.29, 0.717) is 45.6 Å². The number of nitrogens with two attached hydrogens (primary N) is 1. The van der Waals surface area contributed by atoms with E-state index in [1.165, 1.54) is 45.2 Å². The van der Waals surface area contributed by atoms with Crippen LogP contribution in [0.1, 0.15) is 30.1 Å². The molecule has 1 aliphatic carbocycles. The number of nitriles is 1. The minimum absolute atomic E-state index is 0.00447. The molecule has 1 aliphatic heterocycles. The number of thioether (sulfide) groups is 1. The Morgan fingerprint density at radius 2 is 2.02 bits per heavy atom. The fourth-order valence-corrected chi connectivity index (χ4v) is 7.46. The van der Waals surface area contributed by atoms with Crippen LogP contribution < -0.4 is 21.5 Å². The highest BCUT2D eigenvalue weighted by Crippen LogP contribution is 2.47. The molecule has 2 aliphatic rings. The summed E-state index contributed by atoms with van der Waals surface area (Å²) in [6.45, 7) is 0. The molecule has 41 heavy (non-hydrogen) atoms. The third-order valence-corrected chi connectivity index (χ3v) is 9.64. The number of thiophene rings is 1. The number of hydrogen-bond acceptors (Lipinski definition) is 11. The highest BCUT2D eigenvalue weighted by atomic mass is 32.2. The van der Waals surface area contributed by atoms with Gasteiger partial charge in [-0.05, 0) is 36.4 Å². The third kappa shape index (κ3) is 5.10. The van der Waals surface area contributed by atoms with Crippen molar-refractivity contribution >= 4 is 57.1 Å². The molecule has 1 amide bonds. The maximum absolute atomic E-state index is 13.2. The Kier molecular flexibility index (Phi) is 7.31. The summed E-state index contributed by atoms with van der Waals surface area (Å²) in [6, 6.07) is 16.4. The van der Waals surface area contributed by atoms with Gasteiger partial charge in [0.1, 0.15) is 11.6 Å². The summed E-state index contributed by atoms with van der Waals surface area (Å²) in [4.78, 5) is 40.7. The number of allylic oxidation sites excluding steroid dienone is 3. The second-order valence-electron chi connectivity index (χ2n) is 9.20. The second kappa shape index (κ2) is 11.2. The molecule has 206 valence electrons. The van der Waals surface area contributed by atoms with Gasteiger partial charge in [-0.15, -0.1) is 21.5 Å². The summed E-state index contributed by atoms with van der Waals surface area (Å²) in [5.74, 6) is -0.290. The molecule has 3 aromatic heterocycles. The zero-order valence-electron chi connectivity index (χ0n) is 21.4. The number of carbonyl (C=O) groups excluding carboxylic acids is 2. The lowest BCUT2D eigenvalue weighted by atomic mass is 9.78. The van der Waals surface area contributed by atoms with Crippen LogP contribution in [0.3, 0.4) is 0 Å². The van der Waals surface area contributed by atoms with E-state index in [4.69, 9.17) is 5.73 Å². The summed E-state index contributed by atoms with van der Waals surface area (Å²) < 4.78 is 1.86. The van der Waals surface area contributed by atoms with Gasteiger partial charge >= 0.3 is 0 Å². The van der Waals surface area contributed by atoms with Crippen molar-refractivity contribution in [3.8, 4) is 11.8 Å². The van der Waals surface area contributed by atoms with Gasteiger partial charge in [-0.2, -0.15) is 5.26 Å². The average Bonchev–Trinajstić information content (AvgIpc) is 3.74. The van der Waals surface area contributed by atoms with E-state index in [0.717, 1.165) is 10.6 Å². The first kappa shape index (κ1) is 26.8. The zero-order valence-corrected chi connectivity index (χ0v) is 23.8. The number of para-hydroxylation sites is 1. The Bertz CT molecular complexity index is 1790. The number of aromatic amines is 1. The van der Waals surface area contributed by atoms with Gasteiger partial charge in [-0.3, -0.25) is 24.4 Å². The van der Waals surface area contributed by atoms with Gasteiger partial charge in [0.25, 0.3) is 5.56 Å². The summed E-state index contributed by atoms with van der Waals surface area (Å²) >= 11 is 3.89. The number of H-pyrrole nitrogens is 1. The molecule has 0 radical (unpaired) electrons. The number of amides is 1. The van der Waals surface area contributed by atoms with Gasteiger partial charge in [-0.1, -0.05) is 47.4 Å². The topological polar surface area (TPSA) is 163 Å². The maximum Gasteiger partial charge on any atom is 0.273 e. The van der Waals surface area contributed by atoms with Gasteiger partial charge < -0.3 is 11.1 Å². The van der Waals surface area contributed by atoms with Crippen molar-refractivity contribution in [1.29, 1.82) is 5.26 Å². The summed E-state index contributed by atoms with van der Waals surface area (Å²) in [7, 11) is 0. The van der Waals surface area contributed by atoms with E-state index in [9.17, 15) is 19.6 Å². The molecular weight excluding hydrogens is 581 g/mol. The van der Waals surface area contributed by atoms with E-state index in [1.54, 1.807) is 17.0 Å². The number of anilines is 2. The van der Waals surface area contributed by atoms with Crippen molar-refractivity contribution < 1.29 is 9.59 Å². The largest absolute Gasteiger partial charge is 0.384 e. The Morgan fingerprint density at radius 1 is 1.20 bits per heavy atom. The van der Waals surface area contributed by atoms with Crippen LogP contribution in [-0.2, 0) is 9.59 Å². The van der Waals surface area contributed by atoms with Crippen LogP contribution >= 0.6 is 34.4 Å². The van der Waals surface area contributed by atoms with Gasteiger partial charge in [0.15, 0.2) is 10.1 Å². The summed E-state index contributed by atoms with van der Waals surface area (Å²) in [5.41, 5.74) is 8.56. The van der Waals surface area contributed by atoms with Crippen LogP contribution in [0, 0.1) is 11.3 Å². The average molecular weight is 603 g/mol. The monoisotopic (exact) mass is 602 g/mol. The molecule has 14 heteroatoms. The molecule has 0 fully saturated rings. The van der Waals surface area contributed by atoms with Crippen LogP contribution in [0.15, 0.2) is 85.7 Å². The highest BCUT2D eigenvalue weighted by Gasteiger charge is 2.41. The summed E-state index contributed by atoms with van der Waals surface area (Å²) in [6.07, 6.45) is 1.71. The van der Waals surface area contributed by atoms with Crippen molar-refractivity contribution in [2.45, 2.75) is 29.5 Å². The van der Waals surface area contributed by atoms with Gasteiger partial charge in [-0.25, -0.2) is 4.68 Å². The third-order valence-electron chi connectivity index (χ3n) is 6.66. The maximum atomic E-state index is 13.2. The minimum atomic E-state index is -0.493. The van der Waals surface area contributed by atoms with E-state index in [2.05, 4.69) is 26.7 Å². The van der Waals surface area contributed by atoms with E-state index < -0.39 is 5.92 Å². The number of ketones is 1. The quantitative estimate of drug-likeness (QED) is 0.264. The second-order valence-corrected chi connectivity index (χ2v) is 12.4. The number of nitrogens with zero attached hydrogens (tertiary/aromatic N) is 5. The van der Waals surface area contributed by atoms with Crippen LogP contribution in [0.25, 0.3) is 5.69 Å². The molecule has 11 nitrogen and oxygen atoms in total. The molecule has 1 atom stereocenters. The highest BCUT2D eigenvalue weighted by molar-refractivity contribution is 8.01. The van der Waals surface area contributed by atoms with Crippen molar-refractivity contribution in [3.05, 3.63) is 91.8 Å². The number of Topliss-reactive ketones (excluding diaryl/α,β-unsaturated/α-hetero) is 1. The predicted molar refractivity (Wildman–Crippen MR) is 158 cm³/mol. The standard InChI is InChI=1S/C27H22N8O3S3/c28-13-16-23(19-10-5-11-39-19)24-17(8-4-9-18(24)36)34(25(16)29)26-31-32-27(41-26)40-14-21(37)30-20-12-22(38)35(33-20)15-6-2-1-3-7-15/h1-3,5-7,10-12,23,33H,4,8-9,14,29H2,(H,30,37). The number of carbonyl (C=O) groups is 2. The van der Waals surface area contributed by atoms with Crippen LogP contribution in [0.5, 0.6) is 0 Å². The lowest BCUT2D eigenvalue weighted by molar-refractivity contribution is -0.116. The predicted octanol–water partition coefficient (Wildman–Crippen LogP) is 4.11. The van der Waals surface area contributed by atoms with Crippen molar-refractivity contribution in [2.75, 3.05) is 16.0 Å². The molecular formula is C27H22N8O3S3. The molecule has 6 rings (SSSR count). The van der Waals surface area contributed by atoms with E-state index in [-0.39, 0.29) is 34.6 Å². The number of aromatic nitrogens is 4. The van der Waals surface area contributed by atoms with Crippen molar-refractivity contribution in [3.63, 3.8) is 0 Å². The first-order chi connectivity index (χ1) is 19.9. The molecule has 4 heterocycles. The molecule has 0 bridgehead atoms.